The number of carboxylic acid groups (broad SMARTS) is 1. The number of aliphatic carboxylic acids is 1. The van der Waals surface area contributed by atoms with Crippen molar-refractivity contribution in [2.24, 2.45) is 5.92 Å². The molecule has 3 N–H and O–H groups in total. The molecule has 2 atom stereocenters. The highest BCUT2D eigenvalue weighted by molar-refractivity contribution is 5.96. The second kappa shape index (κ2) is 8.44. The summed E-state index contributed by atoms with van der Waals surface area (Å²) < 4.78 is 0. The van der Waals surface area contributed by atoms with Crippen molar-refractivity contribution in [1.82, 2.24) is 15.5 Å². The Bertz CT molecular complexity index is 591. The van der Waals surface area contributed by atoms with E-state index in [1.807, 2.05) is 35.2 Å². The minimum absolute atomic E-state index is 0.329. The molecule has 1 heterocycles. The van der Waals surface area contributed by atoms with E-state index >= 15 is 0 Å². The lowest BCUT2D eigenvalue weighted by Crippen LogP contribution is -2.52. The number of imide groups is 1. The van der Waals surface area contributed by atoms with Crippen LogP contribution in [0.15, 0.2) is 30.3 Å². The smallest absolute Gasteiger partial charge is 0.321 e. The van der Waals surface area contributed by atoms with E-state index in [1.165, 1.54) is 0 Å². The molecule has 2 unspecified atom stereocenters. The summed E-state index contributed by atoms with van der Waals surface area (Å²) >= 11 is 0. The molecule has 1 fully saturated rings. The summed E-state index contributed by atoms with van der Waals surface area (Å²) in [7, 11) is 0. The van der Waals surface area contributed by atoms with Crippen LogP contribution < -0.4 is 10.6 Å². The van der Waals surface area contributed by atoms with Gasteiger partial charge in [-0.2, -0.15) is 0 Å². The number of hydrogen-bond donors (Lipinski definition) is 3. The second-order valence-electron chi connectivity index (χ2n) is 6.01. The number of rotatable bonds is 5. The molecule has 0 saturated carbocycles. The molecular formula is C17H23N3O4. The molecule has 130 valence electrons. The lowest BCUT2D eigenvalue weighted by atomic mass is 9.97. The zero-order valence-corrected chi connectivity index (χ0v) is 13.7. The van der Waals surface area contributed by atoms with Gasteiger partial charge in [-0.05, 0) is 31.9 Å². The Labute approximate surface area is 141 Å². The van der Waals surface area contributed by atoms with Crippen LogP contribution in [0.4, 0.5) is 4.79 Å². The molecule has 0 bridgehead atoms. The van der Waals surface area contributed by atoms with Gasteiger partial charge >= 0.3 is 12.0 Å². The van der Waals surface area contributed by atoms with Crippen LogP contribution >= 0.6 is 0 Å². The van der Waals surface area contributed by atoms with E-state index in [4.69, 9.17) is 5.11 Å². The summed E-state index contributed by atoms with van der Waals surface area (Å²) in [6, 6.07) is 8.29. The molecule has 7 nitrogen and oxygen atoms in total. The van der Waals surface area contributed by atoms with E-state index in [1.54, 1.807) is 6.92 Å². The van der Waals surface area contributed by atoms with Crippen LogP contribution in [0.2, 0.25) is 0 Å². The quantitative estimate of drug-likeness (QED) is 0.752. The number of carboxylic acids is 1. The predicted molar refractivity (Wildman–Crippen MR) is 88.2 cm³/mol. The highest BCUT2D eigenvalue weighted by atomic mass is 16.4. The standard InChI is InChI=1S/C17H23N3O4/c1-12(20-9-5-8-14(11-20)16(22)23)15(21)19-17(24)18-10-13-6-3-2-4-7-13/h2-4,6-7,12,14H,5,8-11H2,1H3,(H,22,23)(H2,18,19,21,24). The Hall–Kier alpha value is -2.41. The van der Waals surface area contributed by atoms with Crippen LogP contribution in [0, 0.1) is 5.92 Å². The molecule has 1 aromatic carbocycles. The van der Waals surface area contributed by atoms with Gasteiger partial charge in [0.15, 0.2) is 0 Å². The van der Waals surface area contributed by atoms with Crippen LogP contribution in [0.3, 0.4) is 0 Å². The molecule has 0 aromatic heterocycles. The topological polar surface area (TPSA) is 98.7 Å². The Morgan fingerprint density at radius 3 is 2.67 bits per heavy atom. The number of hydrogen-bond acceptors (Lipinski definition) is 4. The van der Waals surface area contributed by atoms with E-state index in [9.17, 15) is 14.4 Å². The maximum atomic E-state index is 12.2. The number of urea groups is 1. The van der Waals surface area contributed by atoms with Crippen molar-refractivity contribution in [2.75, 3.05) is 13.1 Å². The summed E-state index contributed by atoms with van der Waals surface area (Å²) in [6.07, 6.45) is 1.35. The molecule has 2 rings (SSSR count). The fourth-order valence-corrected chi connectivity index (χ4v) is 2.76. The number of amides is 3. The van der Waals surface area contributed by atoms with Gasteiger partial charge in [-0.25, -0.2) is 4.79 Å². The Morgan fingerprint density at radius 1 is 1.29 bits per heavy atom. The third kappa shape index (κ3) is 5.06. The molecule has 0 radical (unpaired) electrons. The lowest BCUT2D eigenvalue weighted by Gasteiger charge is -2.34. The second-order valence-corrected chi connectivity index (χ2v) is 6.01. The van der Waals surface area contributed by atoms with E-state index in [2.05, 4.69) is 10.6 Å². The first-order chi connectivity index (χ1) is 11.5. The van der Waals surface area contributed by atoms with Crippen molar-refractivity contribution in [3.63, 3.8) is 0 Å². The van der Waals surface area contributed by atoms with Crippen LogP contribution in [0.1, 0.15) is 25.3 Å². The van der Waals surface area contributed by atoms with Crippen LogP contribution in [0.25, 0.3) is 0 Å². The van der Waals surface area contributed by atoms with Gasteiger partial charge in [0.1, 0.15) is 0 Å². The average molecular weight is 333 g/mol. The van der Waals surface area contributed by atoms with E-state index in [0.717, 1.165) is 12.0 Å². The van der Waals surface area contributed by atoms with Crippen molar-refractivity contribution in [2.45, 2.75) is 32.4 Å². The van der Waals surface area contributed by atoms with Gasteiger partial charge < -0.3 is 10.4 Å². The summed E-state index contributed by atoms with van der Waals surface area (Å²) in [4.78, 5) is 36.9. The fourth-order valence-electron chi connectivity index (χ4n) is 2.76. The van der Waals surface area contributed by atoms with Gasteiger partial charge in [0.05, 0.1) is 12.0 Å². The third-order valence-electron chi connectivity index (χ3n) is 4.26. The first-order valence-corrected chi connectivity index (χ1v) is 8.07. The van der Waals surface area contributed by atoms with Crippen molar-refractivity contribution in [1.29, 1.82) is 0 Å². The van der Waals surface area contributed by atoms with Crippen molar-refractivity contribution >= 4 is 17.9 Å². The maximum absolute atomic E-state index is 12.2. The SMILES string of the molecule is CC(C(=O)NC(=O)NCc1ccccc1)N1CCCC(C(=O)O)C1. The van der Waals surface area contributed by atoms with E-state index in [-0.39, 0.29) is 0 Å². The molecule has 1 aliphatic heterocycles. The van der Waals surface area contributed by atoms with Gasteiger partial charge in [-0.1, -0.05) is 30.3 Å². The number of carbonyl (C=O) groups excluding carboxylic acids is 2. The molecule has 0 spiro atoms. The molecule has 0 aliphatic carbocycles. The van der Waals surface area contributed by atoms with Crippen LogP contribution in [-0.4, -0.2) is 47.0 Å². The van der Waals surface area contributed by atoms with Crippen LogP contribution in [-0.2, 0) is 16.1 Å². The van der Waals surface area contributed by atoms with Gasteiger partial charge in [0.25, 0.3) is 0 Å². The molecule has 1 saturated heterocycles. The monoisotopic (exact) mass is 333 g/mol. The zero-order valence-electron chi connectivity index (χ0n) is 13.7. The summed E-state index contributed by atoms with van der Waals surface area (Å²) in [5.74, 6) is -1.72. The highest BCUT2D eigenvalue weighted by Crippen LogP contribution is 2.18. The summed E-state index contributed by atoms with van der Waals surface area (Å²) in [6.45, 7) is 3.00. The lowest BCUT2D eigenvalue weighted by molar-refractivity contribution is -0.144. The van der Waals surface area contributed by atoms with E-state index in [0.29, 0.717) is 26.1 Å². The number of nitrogens with one attached hydrogen (secondary N) is 2. The molecule has 3 amide bonds. The maximum Gasteiger partial charge on any atom is 0.321 e. The summed E-state index contributed by atoms with van der Waals surface area (Å²) in [5.41, 5.74) is 0.938. The van der Waals surface area contributed by atoms with E-state index < -0.39 is 29.9 Å². The van der Waals surface area contributed by atoms with Crippen molar-refractivity contribution in [3.8, 4) is 0 Å². The van der Waals surface area contributed by atoms with Gasteiger partial charge in [0.2, 0.25) is 5.91 Å². The molecule has 1 aromatic rings. The number of piperidine rings is 1. The summed E-state index contributed by atoms with van der Waals surface area (Å²) in [5, 5.41) is 14.1. The molecular weight excluding hydrogens is 310 g/mol. The average Bonchev–Trinajstić information content (AvgIpc) is 2.60. The number of carbonyl (C=O) groups is 3. The first-order valence-electron chi connectivity index (χ1n) is 8.07. The molecule has 24 heavy (non-hydrogen) atoms. The Kier molecular flexibility index (Phi) is 6.31. The minimum atomic E-state index is -0.840. The fraction of sp³-hybridized carbons (Fsp3) is 0.471. The first kappa shape index (κ1) is 17.9. The van der Waals surface area contributed by atoms with Crippen LogP contribution in [0.5, 0.6) is 0 Å². The minimum Gasteiger partial charge on any atom is -0.481 e. The van der Waals surface area contributed by atoms with Crippen molar-refractivity contribution < 1.29 is 19.5 Å². The molecule has 7 heteroatoms. The van der Waals surface area contributed by atoms with Gasteiger partial charge in [-0.3, -0.25) is 19.8 Å². The Balaban J connectivity index is 1.80. The normalized spacial score (nSPS) is 19.3. The number of likely N-dealkylation sites (tertiary alicyclic amines) is 1. The molecule has 1 aliphatic rings. The van der Waals surface area contributed by atoms with Gasteiger partial charge in [0, 0.05) is 13.1 Å². The number of benzene rings is 1. The number of nitrogens with zero attached hydrogens (tertiary/aromatic N) is 1. The largest absolute Gasteiger partial charge is 0.481 e. The zero-order chi connectivity index (χ0) is 17.5. The Morgan fingerprint density at radius 2 is 2.00 bits per heavy atom. The van der Waals surface area contributed by atoms with Gasteiger partial charge in [-0.15, -0.1) is 0 Å². The third-order valence-corrected chi connectivity index (χ3v) is 4.26. The predicted octanol–water partition coefficient (Wildman–Crippen LogP) is 1.20. The highest BCUT2D eigenvalue weighted by Gasteiger charge is 2.31. The van der Waals surface area contributed by atoms with Crippen molar-refractivity contribution in [3.05, 3.63) is 35.9 Å².